The highest BCUT2D eigenvalue weighted by atomic mass is 16.4. The van der Waals surface area contributed by atoms with Gasteiger partial charge in [0.15, 0.2) is 0 Å². The van der Waals surface area contributed by atoms with Crippen molar-refractivity contribution in [1.29, 1.82) is 0 Å². The van der Waals surface area contributed by atoms with Crippen molar-refractivity contribution in [2.24, 2.45) is 7.05 Å². The first kappa shape index (κ1) is 17.2. The molecule has 2 aromatic rings. The monoisotopic (exact) mass is 346 g/mol. The van der Waals surface area contributed by atoms with Crippen molar-refractivity contribution in [2.75, 3.05) is 26.2 Å². The van der Waals surface area contributed by atoms with Gasteiger partial charge in [-0.2, -0.15) is 10.2 Å². The van der Waals surface area contributed by atoms with E-state index in [4.69, 9.17) is 0 Å². The Kier molecular flexibility index (Phi) is 4.84. The molecule has 3 rings (SSSR count). The van der Waals surface area contributed by atoms with Gasteiger partial charge in [-0.3, -0.25) is 19.1 Å². The maximum atomic E-state index is 12.7. The van der Waals surface area contributed by atoms with E-state index in [-0.39, 0.29) is 17.2 Å². The summed E-state index contributed by atoms with van der Waals surface area (Å²) in [5.41, 5.74) is 1.23. The number of aromatic nitrogens is 4. The van der Waals surface area contributed by atoms with Crippen molar-refractivity contribution in [3.63, 3.8) is 0 Å². The first-order chi connectivity index (χ1) is 12.0. The van der Waals surface area contributed by atoms with E-state index in [2.05, 4.69) is 15.1 Å². The van der Waals surface area contributed by atoms with Crippen LogP contribution in [0.3, 0.4) is 0 Å². The van der Waals surface area contributed by atoms with Gasteiger partial charge in [0.25, 0.3) is 5.91 Å². The molecule has 0 saturated carbocycles. The third-order valence-corrected chi connectivity index (χ3v) is 4.45. The third-order valence-electron chi connectivity index (χ3n) is 4.45. The fraction of sp³-hybridized carbons (Fsp3) is 0.500. The number of rotatable bonds is 5. The van der Waals surface area contributed by atoms with Crippen LogP contribution in [-0.2, 0) is 20.1 Å². The average molecular weight is 346 g/mol. The number of carboxylic acids is 1. The normalized spacial score (nSPS) is 15.5. The van der Waals surface area contributed by atoms with Gasteiger partial charge in [0.05, 0.1) is 12.4 Å². The summed E-state index contributed by atoms with van der Waals surface area (Å²) in [6.45, 7) is 6.29. The number of aromatic carboxylic acids is 1. The molecule has 9 heteroatoms. The van der Waals surface area contributed by atoms with E-state index in [1.807, 2.05) is 24.0 Å². The first-order valence-electron chi connectivity index (χ1n) is 8.27. The van der Waals surface area contributed by atoms with Crippen LogP contribution in [0.5, 0.6) is 0 Å². The fourth-order valence-corrected chi connectivity index (χ4v) is 3.03. The Balaban J connectivity index is 1.61. The Bertz CT molecular complexity index is 773. The SMILES string of the molecule is CCn1cc(CN2CCN(C(=O)c3c(C(=O)O)cnn3C)CC2)cn1. The van der Waals surface area contributed by atoms with E-state index in [0.29, 0.717) is 13.1 Å². The molecular weight excluding hydrogens is 324 g/mol. The zero-order valence-electron chi connectivity index (χ0n) is 14.4. The second-order valence-corrected chi connectivity index (χ2v) is 6.11. The van der Waals surface area contributed by atoms with Gasteiger partial charge in [0, 0.05) is 58.1 Å². The molecule has 1 fully saturated rings. The van der Waals surface area contributed by atoms with Gasteiger partial charge in [-0.1, -0.05) is 0 Å². The van der Waals surface area contributed by atoms with Crippen LogP contribution in [0.1, 0.15) is 33.3 Å². The summed E-state index contributed by atoms with van der Waals surface area (Å²) in [5.74, 6) is -1.42. The molecule has 0 aromatic carbocycles. The fourth-order valence-electron chi connectivity index (χ4n) is 3.03. The number of carboxylic acid groups (broad SMARTS) is 1. The predicted octanol–water partition coefficient (Wildman–Crippen LogP) is 0.293. The van der Waals surface area contributed by atoms with E-state index in [0.717, 1.165) is 31.7 Å². The van der Waals surface area contributed by atoms with Crippen molar-refractivity contribution < 1.29 is 14.7 Å². The summed E-state index contributed by atoms with van der Waals surface area (Å²) in [5, 5.41) is 17.4. The highest BCUT2D eigenvalue weighted by Gasteiger charge is 2.28. The minimum atomic E-state index is -1.14. The number of hydrogen-bond donors (Lipinski definition) is 1. The van der Waals surface area contributed by atoms with Crippen molar-refractivity contribution in [3.8, 4) is 0 Å². The molecule has 134 valence electrons. The number of amides is 1. The Morgan fingerprint density at radius 3 is 2.48 bits per heavy atom. The second-order valence-electron chi connectivity index (χ2n) is 6.11. The highest BCUT2D eigenvalue weighted by Crippen LogP contribution is 2.14. The van der Waals surface area contributed by atoms with E-state index in [1.165, 1.54) is 10.9 Å². The van der Waals surface area contributed by atoms with Crippen LogP contribution in [0.25, 0.3) is 0 Å². The molecule has 0 bridgehead atoms. The van der Waals surface area contributed by atoms with Crippen LogP contribution in [-0.4, -0.2) is 72.5 Å². The number of carbonyl (C=O) groups excluding carboxylic acids is 1. The van der Waals surface area contributed by atoms with E-state index < -0.39 is 5.97 Å². The standard InChI is InChI=1S/C16H22N6O3/c1-3-22-11-12(8-18-22)10-20-4-6-21(7-5-20)15(23)14-13(16(24)25)9-17-19(14)2/h8-9,11H,3-7,10H2,1-2H3,(H,24,25). The van der Waals surface area contributed by atoms with E-state index in [1.54, 1.807) is 11.9 Å². The lowest BCUT2D eigenvalue weighted by Gasteiger charge is -2.34. The lowest BCUT2D eigenvalue weighted by atomic mass is 10.2. The van der Waals surface area contributed by atoms with Crippen LogP contribution >= 0.6 is 0 Å². The molecule has 1 aliphatic rings. The van der Waals surface area contributed by atoms with Crippen LogP contribution < -0.4 is 0 Å². The van der Waals surface area contributed by atoms with Crippen LogP contribution in [0.4, 0.5) is 0 Å². The highest BCUT2D eigenvalue weighted by molar-refractivity contribution is 6.03. The van der Waals surface area contributed by atoms with Crippen molar-refractivity contribution in [1.82, 2.24) is 29.4 Å². The van der Waals surface area contributed by atoms with Gasteiger partial charge in [-0.15, -0.1) is 0 Å². The molecule has 0 spiro atoms. The van der Waals surface area contributed by atoms with Crippen LogP contribution in [0.2, 0.25) is 0 Å². The molecule has 2 aromatic heterocycles. The molecule has 0 atom stereocenters. The van der Waals surface area contributed by atoms with E-state index >= 15 is 0 Å². The van der Waals surface area contributed by atoms with Gasteiger partial charge >= 0.3 is 5.97 Å². The summed E-state index contributed by atoms with van der Waals surface area (Å²) in [6.07, 6.45) is 5.12. The Morgan fingerprint density at radius 1 is 1.16 bits per heavy atom. The van der Waals surface area contributed by atoms with Crippen molar-refractivity contribution in [3.05, 3.63) is 35.4 Å². The molecule has 25 heavy (non-hydrogen) atoms. The lowest BCUT2D eigenvalue weighted by molar-refractivity contribution is 0.0599. The zero-order valence-corrected chi connectivity index (χ0v) is 14.4. The minimum Gasteiger partial charge on any atom is -0.478 e. The lowest BCUT2D eigenvalue weighted by Crippen LogP contribution is -2.48. The maximum Gasteiger partial charge on any atom is 0.339 e. The molecular formula is C16H22N6O3. The van der Waals surface area contributed by atoms with Crippen LogP contribution in [0.15, 0.2) is 18.6 Å². The van der Waals surface area contributed by atoms with Crippen LogP contribution in [0, 0.1) is 0 Å². The summed E-state index contributed by atoms with van der Waals surface area (Å²) < 4.78 is 3.22. The zero-order chi connectivity index (χ0) is 18.0. The quantitative estimate of drug-likeness (QED) is 0.836. The van der Waals surface area contributed by atoms with Gasteiger partial charge in [-0.25, -0.2) is 4.79 Å². The summed E-state index contributed by atoms with van der Waals surface area (Å²) in [6, 6.07) is 0. The largest absolute Gasteiger partial charge is 0.478 e. The number of aryl methyl sites for hydroxylation is 2. The molecule has 0 aliphatic carbocycles. The van der Waals surface area contributed by atoms with Gasteiger partial charge in [0.2, 0.25) is 0 Å². The third kappa shape index (κ3) is 3.55. The minimum absolute atomic E-state index is 0.0538. The Morgan fingerprint density at radius 2 is 1.88 bits per heavy atom. The predicted molar refractivity (Wildman–Crippen MR) is 89.2 cm³/mol. The Labute approximate surface area is 145 Å². The molecule has 1 aliphatic heterocycles. The first-order valence-corrected chi connectivity index (χ1v) is 8.27. The van der Waals surface area contributed by atoms with Crippen molar-refractivity contribution >= 4 is 11.9 Å². The Hall–Kier alpha value is -2.68. The number of carbonyl (C=O) groups is 2. The molecule has 0 radical (unpaired) electrons. The number of nitrogens with zero attached hydrogens (tertiary/aromatic N) is 6. The maximum absolute atomic E-state index is 12.7. The number of piperazine rings is 1. The molecule has 1 amide bonds. The average Bonchev–Trinajstić information content (AvgIpc) is 3.21. The van der Waals surface area contributed by atoms with Gasteiger partial charge in [-0.05, 0) is 6.92 Å². The summed E-state index contributed by atoms with van der Waals surface area (Å²) in [4.78, 5) is 27.9. The number of hydrogen-bond acceptors (Lipinski definition) is 5. The topological polar surface area (TPSA) is 96.5 Å². The van der Waals surface area contributed by atoms with Gasteiger partial charge < -0.3 is 10.0 Å². The molecule has 1 N–H and O–H groups in total. The summed E-state index contributed by atoms with van der Waals surface area (Å²) in [7, 11) is 1.58. The van der Waals surface area contributed by atoms with Gasteiger partial charge in [0.1, 0.15) is 11.3 Å². The van der Waals surface area contributed by atoms with Crippen molar-refractivity contribution in [2.45, 2.75) is 20.0 Å². The van der Waals surface area contributed by atoms with E-state index in [9.17, 15) is 14.7 Å². The smallest absolute Gasteiger partial charge is 0.339 e. The molecule has 9 nitrogen and oxygen atoms in total. The molecule has 0 unspecified atom stereocenters. The molecule has 1 saturated heterocycles. The second kappa shape index (κ2) is 7.06. The molecule has 3 heterocycles. The summed E-state index contributed by atoms with van der Waals surface area (Å²) >= 11 is 0.